The maximum absolute atomic E-state index is 15.4. The standard InChI is InChI=1S/C23H21FN2O7/c24-18-19(33-22(29)15-9-5-2-6-10-15)16(13-31-21(28)14-7-3-1-4-8-14)32-20(18)26-12-11-17(27)25-23(26)30/h1-10,16,18-20H,11-13H2,(H,25,27,30)/t16-,18-,19-,20-/m1/s1. The molecule has 2 heterocycles. The number of imide groups is 1. The summed E-state index contributed by atoms with van der Waals surface area (Å²) in [6.07, 6.45) is -6.00. The van der Waals surface area contributed by atoms with Crippen LogP contribution in [0.15, 0.2) is 60.7 Å². The van der Waals surface area contributed by atoms with E-state index >= 15 is 4.39 Å². The molecule has 0 bridgehead atoms. The summed E-state index contributed by atoms with van der Waals surface area (Å²) in [6.45, 7) is -0.475. The molecule has 0 unspecified atom stereocenters. The van der Waals surface area contributed by atoms with Crippen LogP contribution in [0.3, 0.4) is 0 Å². The van der Waals surface area contributed by atoms with E-state index in [0.29, 0.717) is 0 Å². The Morgan fingerprint density at radius 1 is 1.00 bits per heavy atom. The molecule has 2 aromatic carbocycles. The van der Waals surface area contributed by atoms with Crippen molar-refractivity contribution in [2.24, 2.45) is 0 Å². The van der Waals surface area contributed by atoms with E-state index in [4.69, 9.17) is 14.2 Å². The van der Waals surface area contributed by atoms with E-state index < -0.39 is 55.1 Å². The van der Waals surface area contributed by atoms with Crippen molar-refractivity contribution >= 4 is 23.9 Å². The van der Waals surface area contributed by atoms with Crippen molar-refractivity contribution in [2.45, 2.75) is 31.0 Å². The Bertz CT molecular complexity index is 1030. The number of hydrogen-bond donors (Lipinski definition) is 1. The lowest BCUT2D eigenvalue weighted by atomic mass is 10.1. The number of esters is 2. The van der Waals surface area contributed by atoms with E-state index in [1.807, 2.05) is 0 Å². The fourth-order valence-electron chi connectivity index (χ4n) is 3.62. The molecule has 172 valence electrons. The van der Waals surface area contributed by atoms with Gasteiger partial charge in [-0.1, -0.05) is 36.4 Å². The minimum Gasteiger partial charge on any atom is -0.459 e. The molecule has 2 aliphatic heterocycles. The number of halogens is 1. The lowest BCUT2D eigenvalue weighted by Gasteiger charge is -2.32. The van der Waals surface area contributed by atoms with Gasteiger partial charge in [-0.2, -0.15) is 0 Å². The highest BCUT2D eigenvalue weighted by Crippen LogP contribution is 2.31. The fourth-order valence-corrected chi connectivity index (χ4v) is 3.62. The van der Waals surface area contributed by atoms with Crippen LogP contribution in [0.1, 0.15) is 27.1 Å². The molecule has 4 rings (SSSR count). The Morgan fingerprint density at radius 2 is 1.61 bits per heavy atom. The summed E-state index contributed by atoms with van der Waals surface area (Å²) in [4.78, 5) is 49.5. The average Bonchev–Trinajstić information content (AvgIpc) is 3.13. The summed E-state index contributed by atoms with van der Waals surface area (Å²) >= 11 is 0. The Kier molecular flexibility index (Phi) is 6.64. The van der Waals surface area contributed by atoms with E-state index in [9.17, 15) is 19.2 Å². The van der Waals surface area contributed by atoms with Crippen molar-refractivity contribution in [3.8, 4) is 0 Å². The first-order chi connectivity index (χ1) is 15.9. The van der Waals surface area contributed by atoms with E-state index in [1.54, 1.807) is 48.5 Å². The highest BCUT2D eigenvalue weighted by atomic mass is 19.1. The predicted octanol–water partition coefficient (Wildman–Crippen LogP) is 2.07. The van der Waals surface area contributed by atoms with E-state index in [-0.39, 0.29) is 24.1 Å². The summed E-state index contributed by atoms with van der Waals surface area (Å²) in [5.41, 5.74) is 0.491. The molecule has 0 saturated carbocycles. The van der Waals surface area contributed by atoms with Gasteiger partial charge in [-0.15, -0.1) is 0 Å². The van der Waals surface area contributed by atoms with E-state index in [0.717, 1.165) is 4.90 Å². The highest BCUT2D eigenvalue weighted by molar-refractivity contribution is 5.96. The SMILES string of the molecule is O=C1CCN([C@@H]2O[C@H](COC(=O)c3ccccc3)[C@@H](OC(=O)c3ccccc3)[C@H]2F)C(=O)N1. The second-order valence-corrected chi connectivity index (χ2v) is 7.51. The number of ether oxygens (including phenoxy) is 3. The Labute approximate surface area is 188 Å². The minimum absolute atomic E-state index is 0.0273. The van der Waals surface area contributed by atoms with Crippen LogP contribution in [0, 0.1) is 0 Å². The first-order valence-electron chi connectivity index (χ1n) is 10.3. The lowest BCUT2D eigenvalue weighted by Crippen LogP contribution is -2.56. The van der Waals surface area contributed by atoms with Crippen LogP contribution in [0.4, 0.5) is 9.18 Å². The molecule has 33 heavy (non-hydrogen) atoms. The molecule has 0 aliphatic carbocycles. The number of urea groups is 1. The van der Waals surface area contributed by atoms with E-state index in [2.05, 4.69) is 5.32 Å². The maximum atomic E-state index is 15.4. The Hall–Kier alpha value is -3.79. The maximum Gasteiger partial charge on any atom is 0.338 e. The zero-order valence-corrected chi connectivity index (χ0v) is 17.4. The van der Waals surface area contributed by atoms with Crippen molar-refractivity contribution in [3.05, 3.63) is 71.8 Å². The number of benzene rings is 2. The lowest BCUT2D eigenvalue weighted by molar-refractivity contribution is -0.124. The number of hydrogen-bond acceptors (Lipinski definition) is 7. The molecule has 0 radical (unpaired) electrons. The molecule has 1 N–H and O–H groups in total. The summed E-state index contributed by atoms with van der Waals surface area (Å²) in [5, 5.41) is 2.10. The smallest absolute Gasteiger partial charge is 0.338 e. The molecule has 3 amide bonds. The van der Waals surface area contributed by atoms with Crippen LogP contribution >= 0.6 is 0 Å². The molecule has 2 saturated heterocycles. The van der Waals surface area contributed by atoms with Gasteiger partial charge in [0.2, 0.25) is 5.91 Å². The van der Waals surface area contributed by atoms with Gasteiger partial charge in [0, 0.05) is 13.0 Å². The second kappa shape index (κ2) is 9.78. The van der Waals surface area contributed by atoms with Crippen LogP contribution in [0.25, 0.3) is 0 Å². The van der Waals surface area contributed by atoms with Crippen LogP contribution < -0.4 is 5.32 Å². The van der Waals surface area contributed by atoms with E-state index in [1.165, 1.54) is 12.1 Å². The van der Waals surface area contributed by atoms with Crippen molar-refractivity contribution in [1.82, 2.24) is 10.2 Å². The first-order valence-corrected chi connectivity index (χ1v) is 10.3. The molecular formula is C23H21FN2O7. The first kappa shape index (κ1) is 22.4. The third kappa shape index (κ3) is 5.01. The Morgan fingerprint density at radius 3 is 2.21 bits per heavy atom. The summed E-state index contributed by atoms with van der Waals surface area (Å²) in [7, 11) is 0. The summed E-state index contributed by atoms with van der Waals surface area (Å²) < 4.78 is 31.8. The van der Waals surface area contributed by atoms with Crippen molar-refractivity contribution in [3.63, 3.8) is 0 Å². The molecule has 9 nitrogen and oxygen atoms in total. The van der Waals surface area contributed by atoms with Crippen molar-refractivity contribution < 1.29 is 37.8 Å². The summed E-state index contributed by atoms with van der Waals surface area (Å²) in [6, 6.07) is 15.4. The van der Waals surface area contributed by atoms with Gasteiger partial charge in [0.25, 0.3) is 0 Å². The molecule has 0 aromatic heterocycles. The van der Waals surface area contributed by atoms with Gasteiger partial charge in [0.1, 0.15) is 12.7 Å². The average molecular weight is 456 g/mol. The quantitative estimate of drug-likeness (QED) is 0.663. The molecule has 2 aromatic rings. The largest absolute Gasteiger partial charge is 0.459 e. The third-order valence-electron chi connectivity index (χ3n) is 5.30. The molecule has 0 spiro atoms. The number of rotatable bonds is 6. The van der Waals surface area contributed by atoms with Gasteiger partial charge in [-0.05, 0) is 24.3 Å². The highest BCUT2D eigenvalue weighted by Gasteiger charge is 2.52. The van der Waals surface area contributed by atoms with Crippen LogP contribution in [-0.2, 0) is 19.0 Å². The topological polar surface area (TPSA) is 111 Å². The molecule has 2 fully saturated rings. The minimum atomic E-state index is -1.93. The molecule has 4 atom stereocenters. The van der Waals surface area contributed by atoms with Crippen LogP contribution in [-0.4, -0.2) is 66.5 Å². The summed E-state index contributed by atoms with van der Waals surface area (Å²) in [5.74, 6) is -1.93. The van der Waals surface area contributed by atoms with Gasteiger partial charge in [0.15, 0.2) is 18.5 Å². The van der Waals surface area contributed by atoms with Gasteiger partial charge >= 0.3 is 18.0 Å². The Balaban J connectivity index is 1.50. The zero-order valence-electron chi connectivity index (χ0n) is 17.4. The van der Waals surface area contributed by atoms with Gasteiger partial charge < -0.3 is 14.2 Å². The number of nitrogens with one attached hydrogen (secondary N) is 1. The third-order valence-corrected chi connectivity index (χ3v) is 5.30. The van der Waals surface area contributed by atoms with Gasteiger partial charge in [-0.25, -0.2) is 18.8 Å². The number of amides is 3. The van der Waals surface area contributed by atoms with Gasteiger partial charge in [-0.3, -0.25) is 15.0 Å². The zero-order chi connectivity index (χ0) is 23.4. The number of alkyl halides is 1. The van der Waals surface area contributed by atoms with Gasteiger partial charge in [0.05, 0.1) is 11.1 Å². The number of nitrogens with zero attached hydrogens (tertiary/aromatic N) is 1. The van der Waals surface area contributed by atoms with Crippen LogP contribution in [0.2, 0.25) is 0 Å². The normalized spacial score (nSPS) is 24.8. The predicted molar refractivity (Wildman–Crippen MR) is 111 cm³/mol. The molecular weight excluding hydrogens is 435 g/mol. The molecule has 2 aliphatic rings. The monoisotopic (exact) mass is 456 g/mol. The van der Waals surface area contributed by atoms with Crippen LogP contribution in [0.5, 0.6) is 0 Å². The number of carbonyl (C=O) groups excluding carboxylic acids is 4. The van der Waals surface area contributed by atoms with Crippen molar-refractivity contribution in [1.29, 1.82) is 0 Å². The van der Waals surface area contributed by atoms with Crippen molar-refractivity contribution in [2.75, 3.05) is 13.2 Å². The second-order valence-electron chi connectivity index (χ2n) is 7.51. The molecule has 10 heteroatoms. The number of carbonyl (C=O) groups is 4. The fraction of sp³-hybridized carbons (Fsp3) is 0.304.